The number of carbonyl (C=O) groups is 1. The molecule has 0 heterocycles. The minimum absolute atomic E-state index is 0.0223. The van der Waals surface area contributed by atoms with E-state index in [-0.39, 0.29) is 5.56 Å². The maximum Gasteiger partial charge on any atom is 0.340 e. The van der Waals surface area contributed by atoms with Crippen LogP contribution < -0.4 is 0 Å². The molecule has 0 fully saturated rings. The topological polar surface area (TPSA) is 26.3 Å². The highest BCUT2D eigenvalue weighted by molar-refractivity contribution is 5.89. The molecule has 2 nitrogen and oxygen atoms in total. The Labute approximate surface area is 105 Å². The predicted molar refractivity (Wildman–Crippen MR) is 67.0 cm³/mol. The highest BCUT2D eigenvalue weighted by Crippen LogP contribution is 2.17. The van der Waals surface area contributed by atoms with E-state index in [0.29, 0.717) is 12.0 Å². The normalized spacial score (nSPS) is 10.1. The van der Waals surface area contributed by atoms with Crippen molar-refractivity contribution in [2.75, 3.05) is 7.11 Å². The molecule has 2 rings (SSSR count). The van der Waals surface area contributed by atoms with Gasteiger partial charge in [-0.2, -0.15) is 0 Å². The van der Waals surface area contributed by atoms with E-state index >= 15 is 0 Å². The van der Waals surface area contributed by atoms with Crippen molar-refractivity contribution in [1.82, 2.24) is 0 Å². The van der Waals surface area contributed by atoms with E-state index in [0.717, 1.165) is 5.56 Å². The van der Waals surface area contributed by atoms with Crippen molar-refractivity contribution in [1.29, 1.82) is 0 Å². The van der Waals surface area contributed by atoms with Crippen LogP contribution in [0.15, 0.2) is 48.5 Å². The molecule has 0 amide bonds. The summed E-state index contributed by atoms with van der Waals surface area (Å²) in [5, 5.41) is 0. The molecule has 0 radical (unpaired) electrons. The minimum atomic E-state index is -0.651. The van der Waals surface area contributed by atoms with Crippen molar-refractivity contribution >= 4 is 5.97 Å². The Kier molecular flexibility index (Phi) is 3.72. The second kappa shape index (κ2) is 5.45. The van der Waals surface area contributed by atoms with Gasteiger partial charge in [0.1, 0.15) is 5.82 Å². The number of rotatable bonds is 3. The van der Waals surface area contributed by atoms with Gasteiger partial charge in [0, 0.05) is 6.42 Å². The summed E-state index contributed by atoms with van der Waals surface area (Å²) in [5.41, 5.74) is 1.47. The summed E-state index contributed by atoms with van der Waals surface area (Å²) in [6.45, 7) is 0. The van der Waals surface area contributed by atoms with Gasteiger partial charge in [-0.05, 0) is 17.2 Å². The number of esters is 1. The summed E-state index contributed by atoms with van der Waals surface area (Å²) in [6.07, 6.45) is 0.456. The molecule has 0 saturated heterocycles. The number of methoxy groups -OCH3 is 1. The summed E-state index contributed by atoms with van der Waals surface area (Å²) in [7, 11) is 1.24. The largest absolute Gasteiger partial charge is 0.465 e. The lowest BCUT2D eigenvalue weighted by molar-refractivity contribution is 0.0595. The third-order valence-corrected chi connectivity index (χ3v) is 2.72. The molecule has 2 aromatic carbocycles. The van der Waals surface area contributed by atoms with E-state index < -0.39 is 11.8 Å². The van der Waals surface area contributed by atoms with Crippen LogP contribution in [0.2, 0.25) is 0 Å². The summed E-state index contributed by atoms with van der Waals surface area (Å²) in [6, 6.07) is 14.3. The van der Waals surface area contributed by atoms with Gasteiger partial charge in [-0.1, -0.05) is 42.5 Å². The monoisotopic (exact) mass is 244 g/mol. The van der Waals surface area contributed by atoms with E-state index in [1.54, 1.807) is 12.1 Å². The summed E-state index contributed by atoms with van der Waals surface area (Å²) >= 11 is 0. The highest BCUT2D eigenvalue weighted by atomic mass is 19.1. The molecular weight excluding hydrogens is 231 g/mol. The lowest BCUT2D eigenvalue weighted by atomic mass is 10.0. The Bertz CT molecular complexity index is 550. The zero-order valence-electron chi connectivity index (χ0n) is 10.0. The zero-order chi connectivity index (χ0) is 13.0. The average Bonchev–Trinajstić information content (AvgIpc) is 2.41. The van der Waals surface area contributed by atoms with Gasteiger partial charge in [-0.25, -0.2) is 9.18 Å². The van der Waals surface area contributed by atoms with Crippen molar-refractivity contribution in [2.45, 2.75) is 6.42 Å². The van der Waals surface area contributed by atoms with Crippen LogP contribution >= 0.6 is 0 Å². The van der Waals surface area contributed by atoms with Crippen LogP contribution in [-0.4, -0.2) is 13.1 Å². The van der Waals surface area contributed by atoms with Crippen LogP contribution in [0.4, 0.5) is 4.39 Å². The Hall–Kier alpha value is -2.16. The first-order valence-electron chi connectivity index (χ1n) is 5.62. The molecule has 0 aliphatic carbocycles. The van der Waals surface area contributed by atoms with Gasteiger partial charge in [-0.15, -0.1) is 0 Å². The smallest absolute Gasteiger partial charge is 0.340 e. The van der Waals surface area contributed by atoms with Crippen molar-refractivity contribution < 1.29 is 13.9 Å². The maximum absolute atomic E-state index is 14.1. The number of carbonyl (C=O) groups excluding carboxylic acids is 1. The van der Waals surface area contributed by atoms with Crippen LogP contribution in [-0.2, 0) is 11.2 Å². The second-order valence-electron chi connectivity index (χ2n) is 3.93. The van der Waals surface area contributed by atoms with E-state index in [2.05, 4.69) is 4.74 Å². The fourth-order valence-corrected chi connectivity index (χ4v) is 1.80. The van der Waals surface area contributed by atoms with E-state index in [9.17, 15) is 9.18 Å². The van der Waals surface area contributed by atoms with Crippen LogP contribution in [0.25, 0.3) is 0 Å². The van der Waals surface area contributed by atoms with E-state index in [4.69, 9.17) is 0 Å². The molecular formula is C15H13FO2. The van der Waals surface area contributed by atoms with Crippen molar-refractivity contribution in [2.24, 2.45) is 0 Å². The number of ether oxygens (including phenoxy) is 1. The van der Waals surface area contributed by atoms with Gasteiger partial charge in [0.2, 0.25) is 0 Å². The molecule has 3 heteroatoms. The molecule has 0 bridgehead atoms. The first-order chi connectivity index (χ1) is 8.72. The first kappa shape index (κ1) is 12.3. The molecule has 0 aromatic heterocycles. The van der Waals surface area contributed by atoms with Crippen molar-refractivity contribution in [3.05, 3.63) is 71.0 Å². The molecule has 0 saturated carbocycles. The Morgan fingerprint density at radius 1 is 1.11 bits per heavy atom. The molecule has 0 spiro atoms. The molecule has 18 heavy (non-hydrogen) atoms. The van der Waals surface area contributed by atoms with Gasteiger partial charge in [0.05, 0.1) is 12.7 Å². The van der Waals surface area contributed by atoms with Gasteiger partial charge in [0.15, 0.2) is 0 Å². The minimum Gasteiger partial charge on any atom is -0.465 e. The summed E-state index contributed by atoms with van der Waals surface area (Å²) in [4.78, 5) is 11.4. The van der Waals surface area contributed by atoms with Crippen LogP contribution in [0.3, 0.4) is 0 Å². The molecule has 0 aliphatic rings. The van der Waals surface area contributed by atoms with Crippen LogP contribution in [0.1, 0.15) is 21.5 Å². The predicted octanol–water partition coefficient (Wildman–Crippen LogP) is 3.20. The molecule has 0 unspecified atom stereocenters. The van der Waals surface area contributed by atoms with Crippen molar-refractivity contribution in [3.63, 3.8) is 0 Å². The molecule has 0 aliphatic heterocycles. The molecule has 92 valence electrons. The third-order valence-electron chi connectivity index (χ3n) is 2.72. The van der Waals surface area contributed by atoms with E-state index in [1.165, 1.54) is 13.2 Å². The van der Waals surface area contributed by atoms with Crippen LogP contribution in [0.5, 0.6) is 0 Å². The first-order valence-corrected chi connectivity index (χ1v) is 5.62. The number of benzene rings is 2. The SMILES string of the molecule is COC(=O)c1cccc(Cc2ccccc2)c1F. The summed E-state index contributed by atoms with van der Waals surface area (Å²) < 4.78 is 18.6. The fraction of sp³-hybridized carbons (Fsp3) is 0.133. The van der Waals surface area contributed by atoms with Gasteiger partial charge in [0.25, 0.3) is 0 Å². The maximum atomic E-state index is 14.1. The highest BCUT2D eigenvalue weighted by Gasteiger charge is 2.15. The lowest BCUT2D eigenvalue weighted by Gasteiger charge is -2.07. The standard InChI is InChI=1S/C15H13FO2/c1-18-15(17)13-9-5-8-12(14(13)16)10-11-6-3-2-4-7-11/h2-9H,10H2,1H3. The second-order valence-corrected chi connectivity index (χ2v) is 3.93. The van der Waals surface area contributed by atoms with Gasteiger partial charge < -0.3 is 4.74 Å². The number of halogens is 1. The Morgan fingerprint density at radius 2 is 1.83 bits per heavy atom. The average molecular weight is 244 g/mol. The van der Waals surface area contributed by atoms with Crippen LogP contribution in [0, 0.1) is 5.82 Å². The summed E-state index contributed by atoms with van der Waals surface area (Å²) in [5.74, 6) is -1.16. The molecule has 2 aromatic rings. The van der Waals surface area contributed by atoms with Crippen molar-refractivity contribution in [3.8, 4) is 0 Å². The Balaban J connectivity index is 2.32. The number of hydrogen-bond acceptors (Lipinski definition) is 2. The fourth-order valence-electron chi connectivity index (χ4n) is 1.80. The molecule has 0 N–H and O–H groups in total. The third kappa shape index (κ3) is 2.56. The van der Waals surface area contributed by atoms with E-state index in [1.807, 2.05) is 30.3 Å². The van der Waals surface area contributed by atoms with Gasteiger partial charge in [-0.3, -0.25) is 0 Å². The Morgan fingerprint density at radius 3 is 2.50 bits per heavy atom. The number of hydrogen-bond donors (Lipinski definition) is 0. The van der Waals surface area contributed by atoms with Gasteiger partial charge >= 0.3 is 5.97 Å². The zero-order valence-corrected chi connectivity index (χ0v) is 10.0. The molecule has 0 atom stereocenters. The lowest BCUT2D eigenvalue weighted by Crippen LogP contribution is -2.06. The quantitative estimate of drug-likeness (QED) is 0.775.